The van der Waals surface area contributed by atoms with Crippen LogP contribution >= 0.6 is 27.5 Å². The Morgan fingerprint density at radius 1 is 1.40 bits per heavy atom. The maximum absolute atomic E-state index is 9.01. The first-order valence-electron chi connectivity index (χ1n) is 5.04. The zero-order valence-electron chi connectivity index (χ0n) is 8.79. The molecule has 1 N–H and O–H groups in total. The molecule has 0 aliphatic rings. The Kier molecular flexibility index (Phi) is 5.10. The minimum atomic E-state index is -0.249. The fraction of sp³-hybridized carbons (Fsp3) is 0.500. The van der Waals surface area contributed by atoms with E-state index in [0.29, 0.717) is 0 Å². The smallest absolute Gasteiger partial charge is 0.0717 e. The average Bonchev–Trinajstić information content (AvgIpc) is 2.27. The fourth-order valence-corrected chi connectivity index (χ4v) is 1.83. The van der Waals surface area contributed by atoms with Gasteiger partial charge < -0.3 is 5.11 Å². The lowest BCUT2D eigenvalue weighted by Gasteiger charge is -2.26. The summed E-state index contributed by atoms with van der Waals surface area (Å²) in [7, 11) is 0. The first-order valence-corrected chi connectivity index (χ1v) is 6.27. The van der Waals surface area contributed by atoms with Gasteiger partial charge in [0.1, 0.15) is 0 Å². The highest BCUT2D eigenvalue weighted by Crippen LogP contribution is 2.31. The molecular weight excluding hydrogens is 275 g/mol. The number of hydrogen-bond donors (Lipinski definition) is 1. The maximum atomic E-state index is 9.01. The molecule has 84 valence electrons. The van der Waals surface area contributed by atoms with Gasteiger partial charge in [-0.3, -0.25) is 0 Å². The van der Waals surface area contributed by atoms with Crippen molar-refractivity contribution in [2.45, 2.75) is 29.5 Å². The third-order valence-corrected chi connectivity index (χ3v) is 4.39. The summed E-state index contributed by atoms with van der Waals surface area (Å²) in [6.45, 7) is 2.02. The van der Waals surface area contributed by atoms with Gasteiger partial charge in [0.15, 0.2) is 0 Å². The molecule has 0 saturated heterocycles. The van der Waals surface area contributed by atoms with Crippen molar-refractivity contribution in [1.82, 2.24) is 0 Å². The maximum Gasteiger partial charge on any atom is 0.0717 e. The molecule has 3 heteroatoms. The second-order valence-corrected chi connectivity index (χ2v) is 6.25. The van der Waals surface area contributed by atoms with E-state index in [1.165, 1.54) is 5.56 Å². The van der Waals surface area contributed by atoms with Gasteiger partial charge in [-0.25, -0.2) is 0 Å². The molecule has 0 bridgehead atoms. The van der Waals surface area contributed by atoms with Crippen molar-refractivity contribution < 1.29 is 5.11 Å². The summed E-state index contributed by atoms with van der Waals surface area (Å²) in [5.41, 5.74) is 1.30. The van der Waals surface area contributed by atoms with Gasteiger partial charge >= 0.3 is 0 Å². The molecule has 0 unspecified atom stereocenters. The molecule has 15 heavy (non-hydrogen) atoms. The first-order chi connectivity index (χ1) is 7.06. The largest absolute Gasteiger partial charge is 0.395 e. The van der Waals surface area contributed by atoms with Crippen LogP contribution in [0.4, 0.5) is 0 Å². The van der Waals surface area contributed by atoms with E-state index < -0.39 is 0 Å². The molecule has 0 aliphatic carbocycles. The zero-order valence-corrected chi connectivity index (χ0v) is 11.1. The lowest BCUT2D eigenvalue weighted by atomic mass is 9.98. The zero-order chi connectivity index (χ0) is 11.3. The van der Waals surface area contributed by atoms with Crippen LogP contribution in [-0.2, 0) is 6.42 Å². The van der Waals surface area contributed by atoms with Crippen LogP contribution in [0.3, 0.4) is 0 Å². The number of aliphatic hydroxyl groups is 1. The van der Waals surface area contributed by atoms with E-state index in [0.717, 1.165) is 12.8 Å². The number of halogens is 2. The number of hydrogen-bond acceptors (Lipinski definition) is 1. The van der Waals surface area contributed by atoms with Crippen molar-refractivity contribution in [2.75, 3.05) is 6.61 Å². The summed E-state index contributed by atoms with van der Waals surface area (Å²) in [6, 6.07) is 10.3. The Balaban J connectivity index is 2.49. The van der Waals surface area contributed by atoms with E-state index in [9.17, 15) is 0 Å². The fourth-order valence-electron chi connectivity index (χ4n) is 1.38. The molecule has 2 atom stereocenters. The molecule has 1 aromatic carbocycles. The lowest BCUT2D eigenvalue weighted by Crippen LogP contribution is -2.32. The predicted octanol–water partition coefficient (Wildman–Crippen LogP) is 3.37. The number of aryl methyl sites for hydroxylation is 1. The molecule has 0 radical (unpaired) electrons. The molecule has 0 heterocycles. The van der Waals surface area contributed by atoms with E-state index in [1.807, 2.05) is 25.1 Å². The van der Waals surface area contributed by atoms with Gasteiger partial charge in [0, 0.05) is 4.32 Å². The van der Waals surface area contributed by atoms with Gasteiger partial charge in [-0.15, -0.1) is 11.6 Å². The molecular formula is C12H16BrClO. The molecule has 0 aliphatic heterocycles. The summed E-state index contributed by atoms with van der Waals surface area (Å²) in [4.78, 5) is 0. The van der Waals surface area contributed by atoms with Crippen molar-refractivity contribution >= 4 is 27.5 Å². The van der Waals surface area contributed by atoms with E-state index >= 15 is 0 Å². The third kappa shape index (κ3) is 4.13. The molecule has 0 spiro atoms. The Hall–Kier alpha value is -0.0500. The molecule has 1 nitrogen and oxygen atoms in total. The summed E-state index contributed by atoms with van der Waals surface area (Å²) in [5.74, 6) is 0. The van der Waals surface area contributed by atoms with Crippen LogP contribution in [-0.4, -0.2) is 21.4 Å². The highest BCUT2D eigenvalue weighted by Gasteiger charge is 2.28. The van der Waals surface area contributed by atoms with Gasteiger partial charge in [-0.05, 0) is 25.3 Å². The van der Waals surface area contributed by atoms with Crippen molar-refractivity contribution in [3.63, 3.8) is 0 Å². The van der Waals surface area contributed by atoms with E-state index in [4.69, 9.17) is 16.7 Å². The van der Waals surface area contributed by atoms with Gasteiger partial charge in [-0.2, -0.15) is 0 Å². The van der Waals surface area contributed by atoms with Crippen LogP contribution in [0.2, 0.25) is 0 Å². The summed E-state index contributed by atoms with van der Waals surface area (Å²) >= 11 is 9.60. The van der Waals surface area contributed by atoms with Crippen molar-refractivity contribution in [3.8, 4) is 0 Å². The van der Waals surface area contributed by atoms with Gasteiger partial charge in [0.05, 0.1) is 12.0 Å². The quantitative estimate of drug-likeness (QED) is 0.825. The predicted molar refractivity (Wildman–Crippen MR) is 68.8 cm³/mol. The van der Waals surface area contributed by atoms with Crippen LogP contribution in [0, 0.1) is 0 Å². The van der Waals surface area contributed by atoms with E-state index in [-0.39, 0.29) is 16.3 Å². The lowest BCUT2D eigenvalue weighted by molar-refractivity contribution is 0.274. The Bertz CT molecular complexity index is 287. The second-order valence-electron chi connectivity index (χ2n) is 3.91. The first kappa shape index (κ1) is 13.0. The minimum absolute atomic E-state index is 0.00189. The summed E-state index contributed by atoms with van der Waals surface area (Å²) in [6.07, 6.45) is 1.87. The Labute approximate surface area is 105 Å². The minimum Gasteiger partial charge on any atom is -0.395 e. The van der Waals surface area contributed by atoms with Gasteiger partial charge in [-0.1, -0.05) is 46.3 Å². The van der Waals surface area contributed by atoms with Gasteiger partial charge in [0.25, 0.3) is 0 Å². The van der Waals surface area contributed by atoms with Crippen molar-refractivity contribution in [1.29, 1.82) is 0 Å². The topological polar surface area (TPSA) is 20.2 Å². The van der Waals surface area contributed by atoms with Crippen molar-refractivity contribution in [3.05, 3.63) is 35.9 Å². The van der Waals surface area contributed by atoms with Crippen molar-refractivity contribution in [2.24, 2.45) is 0 Å². The molecule has 0 saturated carbocycles. The molecule has 0 aromatic heterocycles. The summed E-state index contributed by atoms with van der Waals surface area (Å²) in [5, 5.41) is 8.76. The normalized spacial score (nSPS) is 17.1. The molecule has 0 fully saturated rings. The van der Waals surface area contributed by atoms with Crippen LogP contribution in [0.5, 0.6) is 0 Å². The molecule has 0 amide bonds. The average molecular weight is 292 g/mol. The van der Waals surface area contributed by atoms with E-state index in [2.05, 4.69) is 28.1 Å². The van der Waals surface area contributed by atoms with Crippen LogP contribution in [0.15, 0.2) is 30.3 Å². The van der Waals surface area contributed by atoms with Crippen LogP contribution < -0.4 is 0 Å². The molecule has 1 aromatic rings. The highest BCUT2D eigenvalue weighted by atomic mass is 79.9. The van der Waals surface area contributed by atoms with Gasteiger partial charge in [0.2, 0.25) is 0 Å². The van der Waals surface area contributed by atoms with Crippen LogP contribution in [0.25, 0.3) is 0 Å². The second kappa shape index (κ2) is 5.88. The number of alkyl halides is 2. The number of rotatable bonds is 5. The molecule has 1 rings (SSSR count). The third-order valence-electron chi connectivity index (χ3n) is 2.56. The monoisotopic (exact) mass is 290 g/mol. The Morgan fingerprint density at radius 3 is 2.53 bits per heavy atom. The summed E-state index contributed by atoms with van der Waals surface area (Å²) < 4.78 is -0.209. The standard InChI is InChI=1S/C12H16BrClO/c1-12(13,11(14)9-15)8-7-10-5-3-2-4-6-10/h2-6,11,15H,7-9H2,1H3/t11-,12-/m0/s1. The number of aliphatic hydroxyl groups excluding tert-OH is 1. The highest BCUT2D eigenvalue weighted by molar-refractivity contribution is 9.10. The van der Waals surface area contributed by atoms with Crippen LogP contribution in [0.1, 0.15) is 18.9 Å². The SMILES string of the molecule is C[C@](Br)(CCc1ccccc1)[C@@H](Cl)CO. The Morgan fingerprint density at radius 2 is 2.00 bits per heavy atom. The van der Waals surface area contributed by atoms with E-state index in [1.54, 1.807) is 0 Å². The number of benzene rings is 1.